The molecular weight excluding hydrogens is 196 g/mol. The predicted octanol–water partition coefficient (Wildman–Crippen LogP) is 1.48. The Labute approximate surface area is 89.4 Å². The van der Waals surface area contributed by atoms with Crippen LogP contribution in [0.4, 0.5) is 0 Å². The standard InChI is InChI=1S/C10H22O3Si/c1-4-5-6-7-8-14-13-9-10(11-2)12-3/h4,10H,1,5-9,14H2,2-3H3. The van der Waals surface area contributed by atoms with Crippen molar-refractivity contribution in [2.75, 3.05) is 20.8 Å². The minimum atomic E-state index is -0.372. The summed E-state index contributed by atoms with van der Waals surface area (Å²) in [5.41, 5.74) is 0. The molecule has 0 aliphatic heterocycles. The minimum absolute atomic E-state index is 0.198. The first-order valence-corrected chi connectivity index (χ1v) is 6.67. The second-order valence-electron chi connectivity index (χ2n) is 3.11. The van der Waals surface area contributed by atoms with E-state index in [1.807, 2.05) is 6.08 Å². The van der Waals surface area contributed by atoms with Gasteiger partial charge >= 0.3 is 0 Å². The van der Waals surface area contributed by atoms with E-state index in [2.05, 4.69) is 6.58 Å². The van der Waals surface area contributed by atoms with Gasteiger partial charge in [-0.05, 0) is 12.5 Å². The number of hydrogen-bond donors (Lipinski definition) is 0. The number of methoxy groups -OCH3 is 2. The molecule has 84 valence electrons. The third-order valence-electron chi connectivity index (χ3n) is 1.98. The molecule has 0 aliphatic rings. The predicted molar refractivity (Wildman–Crippen MR) is 61.2 cm³/mol. The lowest BCUT2D eigenvalue weighted by molar-refractivity contribution is -0.121. The summed E-state index contributed by atoms with van der Waals surface area (Å²) in [7, 11) is 2.88. The molecule has 0 fully saturated rings. The van der Waals surface area contributed by atoms with E-state index in [1.165, 1.54) is 18.9 Å². The zero-order valence-electron chi connectivity index (χ0n) is 9.33. The number of hydrogen-bond acceptors (Lipinski definition) is 3. The van der Waals surface area contributed by atoms with Crippen molar-refractivity contribution in [3.05, 3.63) is 12.7 Å². The van der Waals surface area contributed by atoms with Crippen LogP contribution in [0.25, 0.3) is 0 Å². The summed E-state index contributed by atoms with van der Waals surface area (Å²) in [5.74, 6) is 0. The normalized spacial score (nSPS) is 11.6. The zero-order valence-corrected chi connectivity index (χ0v) is 10.7. The fourth-order valence-electron chi connectivity index (χ4n) is 1.08. The second kappa shape index (κ2) is 10.9. The molecule has 3 nitrogen and oxygen atoms in total. The van der Waals surface area contributed by atoms with E-state index >= 15 is 0 Å². The van der Waals surface area contributed by atoms with Crippen molar-refractivity contribution in [1.82, 2.24) is 0 Å². The Hall–Kier alpha value is -0.163. The topological polar surface area (TPSA) is 27.7 Å². The highest BCUT2D eigenvalue weighted by molar-refractivity contribution is 6.26. The van der Waals surface area contributed by atoms with E-state index in [4.69, 9.17) is 13.9 Å². The Morgan fingerprint density at radius 3 is 2.57 bits per heavy atom. The van der Waals surface area contributed by atoms with Gasteiger partial charge in [0.2, 0.25) is 0 Å². The highest BCUT2D eigenvalue weighted by Crippen LogP contribution is 2.00. The smallest absolute Gasteiger partial charge is 0.178 e. The van der Waals surface area contributed by atoms with Crippen LogP contribution in [0, 0.1) is 0 Å². The number of ether oxygens (including phenoxy) is 2. The fourth-order valence-corrected chi connectivity index (χ4v) is 2.20. The van der Waals surface area contributed by atoms with Crippen LogP contribution in [0.5, 0.6) is 0 Å². The zero-order chi connectivity index (χ0) is 10.6. The molecule has 0 saturated carbocycles. The first-order chi connectivity index (χ1) is 6.85. The number of rotatable bonds is 10. The molecule has 0 aromatic heterocycles. The molecule has 0 bridgehead atoms. The lowest BCUT2D eigenvalue weighted by atomic mass is 10.2. The van der Waals surface area contributed by atoms with Crippen LogP contribution in [0.15, 0.2) is 12.7 Å². The third kappa shape index (κ3) is 8.44. The fraction of sp³-hybridized carbons (Fsp3) is 0.800. The lowest BCUT2D eigenvalue weighted by Gasteiger charge is -2.13. The van der Waals surface area contributed by atoms with E-state index in [0.29, 0.717) is 6.61 Å². The van der Waals surface area contributed by atoms with Gasteiger partial charge in [-0.1, -0.05) is 18.9 Å². The second-order valence-corrected chi connectivity index (χ2v) is 4.64. The molecule has 0 radical (unpaired) electrons. The summed E-state index contributed by atoms with van der Waals surface area (Å²) in [6, 6.07) is 1.23. The monoisotopic (exact) mass is 218 g/mol. The quantitative estimate of drug-likeness (QED) is 0.241. The van der Waals surface area contributed by atoms with Crippen molar-refractivity contribution in [3.8, 4) is 0 Å². The van der Waals surface area contributed by atoms with Crippen molar-refractivity contribution in [3.63, 3.8) is 0 Å². The minimum Gasteiger partial charge on any atom is -0.419 e. The highest BCUT2D eigenvalue weighted by Gasteiger charge is 2.03. The van der Waals surface area contributed by atoms with E-state index in [9.17, 15) is 0 Å². The molecule has 0 rings (SSSR count). The van der Waals surface area contributed by atoms with Crippen LogP contribution in [0.3, 0.4) is 0 Å². The first kappa shape index (κ1) is 13.8. The average Bonchev–Trinajstić information content (AvgIpc) is 2.22. The average molecular weight is 218 g/mol. The molecule has 0 saturated heterocycles. The van der Waals surface area contributed by atoms with Crippen LogP contribution < -0.4 is 0 Å². The van der Waals surface area contributed by atoms with Crippen LogP contribution in [0.1, 0.15) is 19.3 Å². The van der Waals surface area contributed by atoms with Gasteiger partial charge in [-0.25, -0.2) is 0 Å². The molecular formula is C10H22O3Si. The van der Waals surface area contributed by atoms with Gasteiger partial charge in [0.1, 0.15) is 0 Å². The molecule has 0 unspecified atom stereocenters. The lowest BCUT2D eigenvalue weighted by Crippen LogP contribution is -2.21. The Morgan fingerprint density at radius 1 is 1.29 bits per heavy atom. The Kier molecular flexibility index (Phi) is 10.8. The van der Waals surface area contributed by atoms with E-state index in [1.54, 1.807) is 14.2 Å². The van der Waals surface area contributed by atoms with Gasteiger partial charge in [0.05, 0.1) is 6.61 Å². The van der Waals surface area contributed by atoms with Crippen molar-refractivity contribution in [1.29, 1.82) is 0 Å². The molecule has 0 heterocycles. The summed E-state index contributed by atoms with van der Waals surface area (Å²) < 4.78 is 15.5. The van der Waals surface area contributed by atoms with Crippen molar-refractivity contribution in [2.45, 2.75) is 31.6 Å². The van der Waals surface area contributed by atoms with E-state index in [-0.39, 0.29) is 16.1 Å². The molecule has 0 aliphatic carbocycles. The molecule has 14 heavy (non-hydrogen) atoms. The molecule has 0 atom stereocenters. The van der Waals surface area contributed by atoms with Crippen molar-refractivity contribution in [2.24, 2.45) is 0 Å². The Morgan fingerprint density at radius 2 is 2.00 bits per heavy atom. The molecule has 0 spiro atoms. The largest absolute Gasteiger partial charge is 0.419 e. The first-order valence-electron chi connectivity index (χ1n) is 5.09. The van der Waals surface area contributed by atoms with E-state index in [0.717, 1.165) is 6.42 Å². The molecule has 0 amide bonds. The van der Waals surface area contributed by atoms with E-state index < -0.39 is 0 Å². The van der Waals surface area contributed by atoms with Gasteiger partial charge < -0.3 is 13.9 Å². The van der Waals surface area contributed by atoms with Gasteiger partial charge in [0, 0.05) is 14.2 Å². The molecule has 4 heteroatoms. The third-order valence-corrected chi connectivity index (χ3v) is 3.29. The van der Waals surface area contributed by atoms with Crippen molar-refractivity contribution >= 4 is 9.76 Å². The summed E-state index contributed by atoms with van der Waals surface area (Å²) in [4.78, 5) is 0. The Bertz CT molecular complexity index is 127. The summed E-state index contributed by atoms with van der Waals surface area (Å²) >= 11 is 0. The maximum atomic E-state index is 5.52. The van der Waals surface area contributed by atoms with Gasteiger partial charge in [0.25, 0.3) is 0 Å². The van der Waals surface area contributed by atoms with Crippen LogP contribution in [-0.2, 0) is 13.9 Å². The van der Waals surface area contributed by atoms with Crippen LogP contribution in [0.2, 0.25) is 6.04 Å². The number of unbranched alkanes of at least 4 members (excludes halogenated alkanes) is 2. The summed E-state index contributed by atoms with van der Waals surface area (Å²) in [6.45, 7) is 4.26. The molecule has 0 N–H and O–H groups in total. The summed E-state index contributed by atoms with van der Waals surface area (Å²) in [6.07, 6.45) is 5.37. The summed E-state index contributed by atoms with van der Waals surface area (Å²) in [5, 5.41) is 0. The van der Waals surface area contributed by atoms with Gasteiger partial charge in [0.15, 0.2) is 16.1 Å². The maximum Gasteiger partial charge on any atom is 0.178 e. The van der Waals surface area contributed by atoms with Crippen LogP contribution in [-0.4, -0.2) is 36.9 Å². The molecule has 0 aromatic carbocycles. The SMILES string of the molecule is C=CCCCC[SiH2]OCC(OC)OC. The van der Waals surface area contributed by atoms with Gasteiger partial charge in [-0.15, -0.1) is 6.58 Å². The van der Waals surface area contributed by atoms with Gasteiger partial charge in [-0.2, -0.15) is 0 Å². The van der Waals surface area contributed by atoms with Crippen LogP contribution >= 0.6 is 0 Å². The Balaban J connectivity index is 3.08. The van der Waals surface area contributed by atoms with Gasteiger partial charge in [-0.3, -0.25) is 0 Å². The highest BCUT2D eigenvalue weighted by atomic mass is 28.2. The van der Waals surface area contributed by atoms with Crippen molar-refractivity contribution < 1.29 is 13.9 Å². The molecule has 0 aromatic rings. The number of allylic oxidation sites excluding steroid dienone is 1. The maximum absolute atomic E-state index is 5.52.